The summed E-state index contributed by atoms with van der Waals surface area (Å²) in [5, 5.41) is 4.73. The normalized spacial score (nSPS) is 10.9. The van der Waals surface area contributed by atoms with Crippen LogP contribution >= 0.6 is 11.3 Å². The molecule has 0 fully saturated rings. The number of hydrogen-bond donors (Lipinski definition) is 1. The lowest BCUT2D eigenvalue weighted by Crippen LogP contribution is -2.22. The minimum Gasteiger partial charge on any atom is -0.364 e. The lowest BCUT2D eigenvalue weighted by molar-refractivity contribution is 0.0999. The highest BCUT2D eigenvalue weighted by atomic mass is 32.1. The fourth-order valence-electron chi connectivity index (χ4n) is 2.87. The first-order valence-electron chi connectivity index (χ1n) is 9.00. The van der Waals surface area contributed by atoms with Crippen LogP contribution in [0, 0.1) is 0 Å². The van der Waals surface area contributed by atoms with E-state index in [0.717, 1.165) is 29.8 Å². The van der Waals surface area contributed by atoms with Crippen LogP contribution in [0.4, 0.5) is 0 Å². The van der Waals surface area contributed by atoms with Crippen LogP contribution in [-0.4, -0.2) is 20.7 Å². The summed E-state index contributed by atoms with van der Waals surface area (Å²) >= 11 is 1.24. The molecule has 0 saturated carbocycles. The maximum absolute atomic E-state index is 11.9. The molecule has 1 amide bonds. The Morgan fingerprint density at radius 3 is 2.63 bits per heavy atom. The summed E-state index contributed by atoms with van der Waals surface area (Å²) in [5.41, 5.74) is 8.02. The molecule has 0 aliphatic carbocycles. The monoisotopic (exact) mass is 382 g/mol. The summed E-state index contributed by atoms with van der Waals surface area (Å²) in [4.78, 5) is 28.8. The second kappa shape index (κ2) is 8.73. The van der Waals surface area contributed by atoms with Gasteiger partial charge in [-0.1, -0.05) is 37.3 Å². The van der Waals surface area contributed by atoms with Crippen LogP contribution in [0.5, 0.6) is 0 Å². The number of nitrogens with two attached hydrogens (primary N) is 1. The van der Waals surface area contributed by atoms with Gasteiger partial charge in [0.1, 0.15) is 5.69 Å². The quantitative estimate of drug-likeness (QED) is 0.648. The molecule has 27 heavy (non-hydrogen) atoms. The highest BCUT2D eigenvalue weighted by molar-refractivity contribution is 7.17. The molecular weight excluding hydrogens is 360 g/mol. The topological polar surface area (TPSA) is 90.9 Å². The first kappa shape index (κ1) is 19.0. The Morgan fingerprint density at radius 1 is 1.15 bits per heavy atom. The standard InChI is InChI=1S/C20H22N4O2S/c1-2-13-24-17(25)12-11-16(23-24)18-15(22-20(27-18)19(21)26)10-6-9-14-7-4-3-5-8-14/h3-5,7-8,11-12H,2,6,9-10,13H2,1H3,(H2,21,26). The number of nitrogens with zero attached hydrogens (tertiary/aromatic N) is 3. The van der Waals surface area contributed by atoms with E-state index in [-0.39, 0.29) is 10.6 Å². The summed E-state index contributed by atoms with van der Waals surface area (Å²) < 4.78 is 1.45. The van der Waals surface area contributed by atoms with Gasteiger partial charge in [-0.15, -0.1) is 11.3 Å². The fourth-order valence-corrected chi connectivity index (χ4v) is 3.80. The van der Waals surface area contributed by atoms with Crippen LogP contribution in [0.2, 0.25) is 0 Å². The molecule has 0 radical (unpaired) electrons. The van der Waals surface area contributed by atoms with E-state index < -0.39 is 5.91 Å². The van der Waals surface area contributed by atoms with Crippen LogP contribution in [0.25, 0.3) is 10.6 Å². The van der Waals surface area contributed by atoms with E-state index in [1.165, 1.54) is 27.6 Å². The summed E-state index contributed by atoms with van der Waals surface area (Å²) in [7, 11) is 0. The fraction of sp³-hybridized carbons (Fsp3) is 0.300. The Hall–Kier alpha value is -2.80. The molecule has 6 nitrogen and oxygen atoms in total. The van der Waals surface area contributed by atoms with Crippen molar-refractivity contribution in [3.05, 3.63) is 69.1 Å². The van der Waals surface area contributed by atoms with Crippen LogP contribution in [0.3, 0.4) is 0 Å². The number of carbonyl (C=O) groups excluding carboxylic acids is 1. The molecule has 0 saturated heterocycles. The third-order valence-electron chi connectivity index (χ3n) is 4.16. The van der Waals surface area contributed by atoms with Crippen molar-refractivity contribution in [2.24, 2.45) is 5.73 Å². The molecule has 7 heteroatoms. The Labute approximate surface area is 161 Å². The number of carbonyl (C=O) groups is 1. The van der Waals surface area contributed by atoms with Gasteiger partial charge in [0, 0.05) is 12.6 Å². The van der Waals surface area contributed by atoms with Crippen molar-refractivity contribution in [2.45, 2.75) is 39.2 Å². The van der Waals surface area contributed by atoms with Crippen LogP contribution in [0.15, 0.2) is 47.3 Å². The summed E-state index contributed by atoms with van der Waals surface area (Å²) in [6, 6.07) is 13.4. The van der Waals surface area contributed by atoms with Crippen molar-refractivity contribution in [2.75, 3.05) is 0 Å². The van der Waals surface area contributed by atoms with E-state index in [9.17, 15) is 9.59 Å². The van der Waals surface area contributed by atoms with E-state index in [0.29, 0.717) is 18.7 Å². The zero-order valence-electron chi connectivity index (χ0n) is 15.2. The highest BCUT2D eigenvalue weighted by Crippen LogP contribution is 2.29. The number of aromatic nitrogens is 3. The second-order valence-corrected chi connectivity index (χ2v) is 7.28. The molecular formula is C20H22N4O2S. The van der Waals surface area contributed by atoms with Crippen molar-refractivity contribution >= 4 is 17.2 Å². The third-order valence-corrected chi connectivity index (χ3v) is 5.30. The van der Waals surface area contributed by atoms with Crippen molar-refractivity contribution < 1.29 is 4.79 Å². The van der Waals surface area contributed by atoms with E-state index in [4.69, 9.17) is 5.73 Å². The SMILES string of the molecule is CCCn1nc(-c2sc(C(N)=O)nc2CCCc2ccccc2)ccc1=O. The molecule has 2 heterocycles. The molecule has 0 spiro atoms. The van der Waals surface area contributed by atoms with Gasteiger partial charge in [-0.2, -0.15) is 5.10 Å². The number of primary amides is 1. The number of hydrogen-bond acceptors (Lipinski definition) is 5. The zero-order chi connectivity index (χ0) is 19.2. The number of thiazole rings is 1. The molecule has 140 valence electrons. The van der Waals surface area contributed by atoms with Gasteiger partial charge in [-0.3, -0.25) is 9.59 Å². The Morgan fingerprint density at radius 2 is 1.93 bits per heavy atom. The second-order valence-electron chi connectivity index (χ2n) is 6.28. The van der Waals surface area contributed by atoms with Crippen LogP contribution in [-0.2, 0) is 19.4 Å². The average molecular weight is 382 g/mol. The number of rotatable bonds is 8. The van der Waals surface area contributed by atoms with Gasteiger partial charge in [0.2, 0.25) is 0 Å². The predicted molar refractivity (Wildman–Crippen MR) is 107 cm³/mol. The van der Waals surface area contributed by atoms with Gasteiger partial charge in [-0.05, 0) is 37.3 Å². The molecule has 0 bridgehead atoms. The molecule has 0 aliphatic rings. The Balaban J connectivity index is 1.87. The molecule has 0 atom stereocenters. The highest BCUT2D eigenvalue weighted by Gasteiger charge is 2.17. The predicted octanol–water partition coefficient (Wildman–Crippen LogP) is 3.05. The summed E-state index contributed by atoms with van der Waals surface area (Å²) in [6.45, 7) is 2.55. The van der Waals surface area contributed by atoms with Gasteiger partial charge < -0.3 is 5.73 Å². The summed E-state index contributed by atoms with van der Waals surface area (Å²) in [5.74, 6) is -0.544. The molecule has 3 aromatic rings. The molecule has 2 aromatic heterocycles. The van der Waals surface area contributed by atoms with Gasteiger partial charge in [-0.25, -0.2) is 9.67 Å². The molecule has 0 aliphatic heterocycles. The lowest BCUT2D eigenvalue weighted by atomic mass is 10.1. The molecule has 0 unspecified atom stereocenters. The van der Waals surface area contributed by atoms with Crippen molar-refractivity contribution in [3.63, 3.8) is 0 Å². The number of amides is 1. The van der Waals surface area contributed by atoms with E-state index in [2.05, 4.69) is 22.2 Å². The van der Waals surface area contributed by atoms with E-state index in [1.807, 2.05) is 25.1 Å². The van der Waals surface area contributed by atoms with E-state index in [1.54, 1.807) is 6.07 Å². The first-order chi connectivity index (χ1) is 13.1. The smallest absolute Gasteiger partial charge is 0.277 e. The molecule has 1 aromatic carbocycles. The van der Waals surface area contributed by atoms with Gasteiger partial charge >= 0.3 is 0 Å². The largest absolute Gasteiger partial charge is 0.364 e. The van der Waals surface area contributed by atoms with Crippen molar-refractivity contribution in [3.8, 4) is 10.6 Å². The van der Waals surface area contributed by atoms with Gasteiger partial charge in [0.05, 0.1) is 10.6 Å². The Kier molecular flexibility index (Phi) is 6.13. The minimum atomic E-state index is -0.544. The first-order valence-corrected chi connectivity index (χ1v) is 9.82. The third kappa shape index (κ3) is 4.68. The van der Waals surface area contributed by atoms with Crippen molar-refractivity contribution in [1.82, 2.24) is 14.8 Å². The number of benzene rings is 1. The maximum Gasteiger partial charge on any atom is 0.277 e. The van der Waals surface area contributed by atoms with Crippen molar-refractivity contribution in [1.29, 1.82) is 0 Å². The van der Waals surface area contributed by atoms with Gasteiger partial charge in [0.15, 0.2) is 5.01 Å². The summed E-state index contributed by atoms with van der Waals surface area (Å²) in [6.07, 6.45) is 3.35. The maximum atomic E-state index is 11.9. The average Bonchev–Trinajstić information content (AvgIpc) is 3.09. The number of aryl methyl sites for hydroxylation is 3. The lowest BCUT2D eigenvalue weighted by Gasteiger charge is -2.06. The minimum absolute atomic E-state index is 0.133. The van der Waals surface area contributed by atoms with Gasteiger partial charge in [0.25, 0.3) is 11.5 Å². The molecule has 3 rings (SSSR count). The van der Waals surface area contributed by atoms with E-state index >= 15 is 0 Å². The van der Waals surface area contributed by atoms with Crippen LogP contribution in [0.1, 0.15) is 40.8 Å². The Bertz CT molecular complexity index is 979. The van der Waals surface area contributed by atoms with Crippen LogP contribution < -0.4 is 11.3 Å². The zero-order valence-corrected chi connectivity index (χ0v) is 16.0. The molecule has 2 N–H and O–H groups in total.